The third-order valence-electron chi connectivity index (χ3n) is 4.82. The standard InChI is InChI=1S/C22H28N2O3/c1-15-9-10-18(11-21(15)26-4)22(25)23-20-8-6-5-7-19(20)14-24-12-16(2)27-17(3)13-24/h5-11,16-17H,12-14H2,1-4H3,(H,23,25). The van der Waals surface area contributed by atoms with Crippen LogP contribution in [0.3, 0.4) is 0 Å². The van der Waals surface area contributed by atoms with Crippen molar-refractivity contribution in [2.24, 2.45) is 0 Å². The van der Waals surface area contributed by atoms with Crippen molar-refractivity contribution in [1.29, 1.82) is 0 Å². The molecule has 0 aromatic heterocycles. The summed E-state index contributed by atoms with van der Waals surface area (Å²) in [5.41, 5.74) is 3.53. The van der Waals surface area contributed by atoms with Crippen LogP contribution in [0.4, 0.5) is 5.69 Å². The van der Waals surface area contributed by atoms with Crippen LogP contribution in [-0.4, -0.2) is 43.2 Å². The highest BCUT2D eigenvalue weighted by molar-refractivity contribution is 6.05. The van der Waals surface area contributed by atoms with E-state index in [2.05, 4.69) is 30.1 Å². The van der Waals surface area contributed by atoms with Gasteiger partial charge >= 0.3 is 0 Å². The number of hydrogen-bond donors (Lipinski definition) is 1. The molecule has 1 heterocycles. The van der Waals surface area contributed by atoms with Crippen LogP contribution in [0.1, 0.15) is 35.3 Å². The molecule has 2 aromatic rings. The molecule has 0 saturated carbocycles. The average molecular weight is 368 g/mol. The van der Waals surface area contributed by atoms with Gasteiger partial charge in [0.2, 0.25) is 0 Å². The fraction of sp³-hybridized carbons (Fsp3) is 0.409. The normalized spacial score (nSPS) is 20.3. The zero-order valence-electron chi connectivity index (χ0n) is 16.5. The maximum absolute atomic E-state index is 12.7. The monoisotopic (exact) mass is 368 g/mol. The fourth-order valence-corrected chi connectivity index (χ4v) is 3.59. The first-order valence-corrected chi connectivity index (χ1v) is 9.38. The maximum Gasteiger partial charge on any atom is 0.255 e. The van der Waals surface area contributed by atoms with E-state index < -0.39 is 0 Å². The number of carbonyl (C=O) groups is 1. The maximum atomic E-state index is 12.7. The Balaban J connectivity index is 1.75. The first-order chi connectivity index (χ1) is 13.0. The molecule has 2 aromatic carbocycles. The Morgan fingerprint density at radius 2 is 1.89 bits per heavy atom. The highest BCUT2D eigenvalue weighted by Gasteiger charge is 2.23. The molecular weight excluding hydrogens is 340 g/mol. The van der Waals surface area contributed by atoms with Crippen molar-refractivity contribution in [1.82, 2.24) is 4.90 Å². The number of para-hydroxylation sites is 1. The molecule has 27 heavy (non-hydrogen) atoms. The Morgan fingerprint density at radius 3 is 2.59 bits per heavy atom. The van der Waals surface area contributed by atoms with Gasteiger partial charge in [-0.15, -0.1) is 0 Å². The van der Waals surface area contributed by atoms with Crippen LogP contribution in [0, 0.1) is 6.92 Å². The Hall–Kier alpha value is -2.37. The Labute approximate surface area is 161 Å². The van der Waals surface area contributed by atoms with Gasteiger partial charge in [-0.1, -0.05) is 24.3 Å². The molecule has 1 N–H and O–H groups in total. The summed E-state index contributed by atoms with van der Waals surface area (Å²) in [6.45, 7) is 8.72. The highest BCUT2D eigenvalue weighted by Crippen LogP contribution is 2.23. The van der Waals surface area contributed by atoms with E-state index in [0.29, 0.717) is 11.3 Å². The lowest BCUT2D eigenvalue weighted by molar-refractivity contribution is -0.0704. The number of benzene rings is 2. The SMILES string of the molecule is COc1cc(C(=O)Nc2ccccc2CN2CC(C)OC(C)C2)ccc1C. The minimum absolute atomic E-state index is 0.135. The molecule has 5 heteroatoms. The average Bonchev–Trinajstić information content (AvgIpc) is 2.63. The summed E-state index contributed by atoms with van der Waals surface area (Å²) >= 11 is 0. The zero-order chi connectivity index (χ0) is 19.4. The Morgan fingerprint density at radius 1 is 1.19 bits per heavy atom. The quantitative estimate of drug-likeness (QED) is 0.871. The van der Waals surface area contributed by atoms with E-state index in [1.165, 1.54) is 0 Å². The highest BCUT2D eigenvalue weighted by atomic mass is 16.5. The molecule has 2 unspecified atom stereocenters. The lowest BCUT2D eigenvalue weighted by Gasteiger charge is -2.35. The van der Waals surface area contributed by atoms with Crippen molar-refractivity contribution in [3.63, 3.8) is 0 Å². The van der Waals surface area contributed by atoms with Crippen molar-refractivity contribution >= 4 is 11.6 Å². The predicted octanol–water partition coefficient (Wildman–Crippen LogP) is 3.87. The Kier molecular flexibility index (Phi) is 6.14. The number of nitrogens with one attached hydrogen (secondary N) is 1. The van der Waals surface area contributed by atoms with Crippen molar-refractivity contribution in [2.45, 2.75) is 39.5 Å². The number of carbonyl (C=O) groups excluding carboxylic acids is 1. The predicted molar refractivity (Wildman–Crippen MR) is 107 cm³/mol. The number of aryl methyl sites for hydroxylation is 1. The molecule has 0 aliphatic carbocycles. The number of anilines is 1. The molecule has 0 radical (unpaired) electrons. The van der Waals surface area contributed by atoms with Gasteiger partial charge in [0.25, 0.3) is 5.91 Å². The van der Waals surface area contributed by atoms with Gasteiger partial charge in [0.1, 0.15) is 5.75 Å². The molecule has 144 valence electrons. The zero-order valence-corrected chi connectivity index (χ0v) is 16.5. The van der Waals surface area contributed by atoms with E-state index in [1.807, 2.05) is 37.3 Å². The number of nitrogens with zero attached hydrogens (tertiary/aromatic N) is 1. The lowest BCUT2D eigenvalue weighted by atomic mass is 10.1. The molecule has 5 nitrogen and oxygen atoms in total. The molecule has 1 aliphatic rings. The summed E-state index contributed by atoms with van der Waals surface area (Å²) in [6.07, 6.45) is 0.436. The van der Waals surface area contributed by atoms with Crippen LogP contribution in [0.25, 0.3) is 0 Å². The van der Waals surface area contributed by atoms with Crippen molar-refractivity contribution in [3.05, 3.63) is 59.2 Å². The minimum Gasteiger partial charge on any atom is -0.496 e. The summed E-state index contributed by atoms with van der Waals surface area (Å²) in [4.78, 5) is 15.1. The number of rotatable bonds is 5. The summed E-state index contributed by atoms with van der Waals surface area (Å²) in [6, 6.07) is 13.5. The van der Waals surface area contributed by atoms with Crippen LogP contribution in [0.15, 0.2) is 42.5 Å². The molecule has 3 rings (SSSR count). The summed E-state index contributed by atoms with van der Waals surface area (Å²) < 4.78 is 11.1. The third-order valence-corrected chi connectivity index (χ3v) is 4.82. The van der Waals surface area contributed by atoms with Gasteiger partial charge in [0.05, 0.1) is 19.3 Å². The van der Waals surface area contributed by atoms with E-state index in [4.69, 9.17) is 9.47 Å². The molecule has 1 fully saturated rings. The number of methoxy groups -OCH3 is 1. The molecule has 1 saturated heterocycles. The number of hydrogen-bond acceptors (Lipinski definition) is 4. The van der Waals surface area contributed by atoms with Crippen LogP contribution < -0.4 is 10.1 Å². The fourth-order valence-electron chi connectivity index (χ4n) is 3.59. The molecule has 0 spiro atoms. The van der Waals surface area contributed by atoms with E-state index >= 15 is 0 Å². The van der Waals surface area contributed by atoms with Crippen molar-refractivity contribution in [2.75, 3.05) is 25.5 Å². The van der Waals surface area contributed by atoms with E-state index in [0.717, 1.165) is 36.4 Å². The minimum atomic E-state index is -0.135. The number of morpholine rings is 1. The van der Waals surface area contributed by atoms with Crippen LogP contribution in [0.2, 0.25) is 0 Å². The van der Waals surface area contributed by atoms with E-state index in [9.17, 15) is 4.79 Å². The van der Waals surface area contributed by atoms with Gasteiger partial charge < -0.3 is 14.8 Å². The summed E-state index contributed by atoms with van der Waals surface area (Å²) in [7, 11) is 1.61. The molecule has 2 atom stereocenters. The largest absolute Gasteiger partial charge is 0.496 e. The molecule has 0 bridgehead atoms. The van der Waals surface area contributed by atoms with Gasteiger partial charge in [-0.3, -0.25) is 9.69 Å². The van der Waals surface area contributed by atoms with Crippen LogP contribution in [0.5, 0.6) is 5.75 Å². The first-order valence-electron chi connectivity index (χ1n) is 9.38. The summed E-state index contributed by atoms with van der Waals surface area (Å²) in [5, 5.41) is 3.06. The molecule has 1 amide bonds. The first kappa shape index (κ1) is 19.4. The number of ether oxygens (including phenoxy) is 2. The van der Waals surface area contributed by atoms with Gasteiger partial charge in [0, 0.05) is 30.9 Å². The molecular formula is C22H28N2O3. The van der Waals surface area contributed by atoms with Gasteiger partial charge in [-0.2, -0.15) is 0 Å². The third kappa shape index (κ3) is 4.87. The second-order valence-corrected chi connectivity index (χ2v) is 7.25. The van der Waals surface area contributed by atoms with Gasteiger partial charge in [-0.25, -0.2) is 0 Å². The topological polar surface area (TPSA) is 50.8 Å². The molecule has 1 aliphatic heterocycles. The van der Waals surface area contributed by atoms with Gasteiger partial charge in [-0.05, 0) is 50.1 Å². The smallest absolute Gasteiger partial charge is 0.255 e. The second kappa shape index (κ2) is 8.55. The lowest BCUT2D eigenvalue weighted by Crippen LogP contribution is -2.44. The van der Waals surface area contributed by atoms with Gasteiger partial charge in [0.15, 0.2) is 0 Å². The van der Waals surface area contributed by atoms with E-state index in [-0.39, 0.29) is 18.1 Å². The number of amides is 1. The van der Waals surface area contributed by atoms with Crippen LogP contribution >= 0.6 is 0 Å². The Bertz CT molecular complexity index is 796. The van der Waals surface area contributed by atoms with Crippen molar-refractivity contribution in [3.8, 4) is 5.75 Å². The van der Waals surface area contributed by atoms with Crippen LogP contribution in [-0.2, 0) is 11.3 Å². The van der Waals surface area contributed by atoms with Crippen molar-refractivity contribution < 1.29 is 14.3 Å². The second-order valence-electron chi connectivity index (χ2n) is 7.25. The summed E-state index contributed by atoms with van der Waals surface area (Å²) in [5.74, 6) is 0.580. The van der Waals surface area contributed by atoms with E-state index in [1.54, 1.807) is 13.2 Å².